The molecule has 0 aliphatic heterocycles. The number of hydrogen-bond acceptors (Lipinski definition) is 7. The summed E-state index contributed by atoms with van der Waals surface area (Å²) in [7, 11) is 0. The first-order valence-electron chi connectivity index (χ1n) is 7.86. The standard InChI is InChI=1S/C16H18N6O2S/c1-3-13(16(23)17-14-9-11(2)24-19-14)25-10-15-18-20-21-22(15)12-7-5-4-6-8-12/h4-9,13H,3,10H2,1-2H3,(H,17,19,23)/t13-/m0/s1. The van der Waals surface area contributed by atoms with Gasteiger partial charge in [0.1, 0.15) is 5.76 Å². The number of carbonyl (C=O) groups is 1. The van der Waals surface area contributed by atoms with Gasteiger partial charge >= 0.3 is 0 Å². The monoisotopic (exact) mass is 358 g/mol. The molecule has 1 atom stereocenters. The van der Waals surface area contributed by atoms with E-state index < -0.39 is 0 Å². The average molecular weight is 358 g/mol. The molecule has 1 N–H and O–H groups in total. The van der Waals surface area contributed by atoms with Crippen LogP contribution in [-0.4, -0.2) is 36.5 Å². The predicted octanol–water partition coefficient (Wildman–Crippen LogP) is 2.61. The number of anilines is 1. The lowest BCUT2D eigenvalue weighted by atomic mass is 10.3. The van der Waals surface area contributed by atoms with Gasteiger partial charge in [-0.3, -0.25) is 4.79 Å². The van der Waals surface area contributed by atoms with Crippen molar-refractivity contribution in [2.75, 3.05) is 5.32 Å². The van der Waals surface area contributed by atoms with Crippen LogP contribution in [0.15, 0.2) is 40.9 Å². The summed E-state index contributed by atoms with van der Waals surface area (Å²) in [6.07, 6.45) is 0.681. The molecule has 25 heavy (non-hydrogen) atoms. The molecule has 3 aromatic rings. The van der Waals surface area contributed by atoms with Crippen LogP contribution in [0.2, 0.25) is 0 Å². The lowest BCUT2D eigenvalue weighted by Gasteiger charge is -2.13. The molecule has 3 rings (SSSR count). The van der Waals surface area contributed by atoms with Gasteiger partial charge in [0.05, 0.1) is 16.7 Å². The number of thioether (sulfide) groups is 1. The number of aromatic nitrogens is 5. The second-order valence-corrected chi connectivity index (χ2v) is 6.55. The highest BCUT2D eigenvalue weighted by Gasteiger charge is 2.20. The van der Waals surface area contributed by atoms with E-state index in [4.69, 9.17) is 4.52 Å². The normalized spacial score (nSPS) is 12.1. The Hall–Kier alpha value is -2.68. The lowest BCUT2D eigenvalue weighted by Crippen LogP contribution is -2.25. The summed E-state index contributed by atoms with van der Waals surface area (Å²) in [4.78, 5) is 12.4. The number of aryl methyl sites for hydroxylation is 1. The largest absolute Gasteiger partial charge is 0.360 e. The van der Waals surface area contributed by atoms with Crippen LogP contribution in [0.3, 0.4) is 0 Å². The van der Waals surface area contributed by atoms with Crippen molar-refractivity contribution in [1.29, 1.82) is 0 Å². The molecule has 9 heteroatoms. The summed E-state index contributed by atoms with van der Waals surface area (Å²) in [6, 6.07) is 11.3. The molecule has 0 unspecified atom stereocenters. The van der Waals surface area contributed by atoms with Gasteiger partial charge in [-0.05, 0) is 35.9 Å². The number of benzene rings is 1. The van der Waals surface area contributed by atoms with Gasteiger partial charge in [0.15, 0.2) is 11.6 Å². The van der Waals surface area contributed by atoms with Crippen LogP contribution < -0.4 is 5.32 Å². The highest BCUT2D eigenvalue weighted by Crippen LogP contribution is 2.22. The van der Waals surface area contributed by atoms with E-state index in [1.54, 1.807) is 17.7 Å². The molecular weight excluding hydrogens is 340 g/mol. The Morgan fingerprint density at radius 3 is 2.84 bits per heavy atom. The molecule has 1 amide bonds. The molecule has 130 valence electrons. The Labute approximate surface area is 149 Å². The maximum absolute atomic E-state index is 12.4. The molecule has 0 radical (unpaired) electrons. The number of amides is 1. The first kappa shape index (κ1) is 17.2. The van der Waals surface area contributed by atoms with Crippen LogP contribution in [-0.2, 0) is 10.5 Å². The fraction of sp³-hybridized carbons (Fsp3) is 0.312. The first-order valence-corrected chi connectivity index (χ1v) is 8.90. The smallest absolute Gasteiger partial charge is 0.238 e. The third-order valence-electron chi connectivity index (χ3n) is 3.49. The van der Waals surface area contributed by atoms with Gasteiger partial charge in [0.25, 0.3) is 0 Å². The molecule has 0 aliphatic carbocycles. The van der Waals surface area contributed by atoms with E-state index in [0.29, 0.717) is 29.6 Å². The van der Waals surface area contributed by atoms with Gasteiger partial charge in [-0.1, -0.05) is 30.3 Å². The summed E-state index contributed by atoms with van der Waals surface area (Å²) < 4.78 is 6.64. The molecule has 0 spiro atoms. The first-order chi connectivity index (χ1) is 12.2. The fourth-order valence-electron chi connectivity index (χ4n) is 2.25. The van der Waals surface area contributed by atoms with Crippen molar-refractivity contribution < 1.29 is 9.32 Å². The van der Waals surface area contributed by atoms with Crippen molar-refractivity contribution in [1.82, 2.24) is 25.4 Å². The topological polar surface area (TPSA) is 98.7 Å². The van der Waals surface area contributed by atoms with Crippen molar-refractivity contribution in [3.63, 3.8) is 0 Å². The van der Waals surface area contributed by atoms with Crippen molar-refractivity contribution in [3.8, 4) is 5.69 Å². The lowest BCUT2D eigenvalue weighted by molar-refractivity contribution is -0.115. The Kier molecular flexibility index (Phi) is 5.44. The third kappa shape index (κ3) is 4.24. The maximum atomic E-state index is 12.4. The quantitative estimate of drug-likeness (QED) is 0.693. The number of carbonyl (C=O) groups excluding carboxylic acids is 1. The summed E-state index contributed by atoms with van der Waals surface area (Å²) in [5, 5.41) is 18.1. The zero-order valence-corrected chi connectivity index (χ0v) is 14.7. The molecule has 0 fully saturated rings. The highest BCUT2D eigenvalue weighted by molar-refractivity contribution is 7.99. The third-order valence-corrected chi connectivity index (χ3v) is 4.87. The number of nitrogens with one attached hydrogen (secondary N) is 1. The maximum Gasteiger partial charge on any atom is 0.238 e. The van der Waals surface area contributed by atoms with Gasteiger partial charge in [-0.2, -0.15) is 4.68 Å². The molecular formula is C16H18N6O2S. The van der Waals surface area contributed by atoms with Crippen LogP contribution in [0.5, 0.6) is 0 Å². The van der Waals surface area contributed by atoms with Gasteiger partial charge in [-0.25, -0.2) is 0 Å². The summed E-state index contributed by atoms with van der Waals surface area (Å²) in [6.45, 7) is 3.74. The minimum Gasteiger partial charge on any atom is -0.360 e. The zero-order chi connectivity index (χ0) is 17.6. The SMILES string of the molecule is CC[C@H](SCc1nnnn1-c1ccccc1)C(=O)Nc1cc(C)on1. The average Bonchev–Trinajstić information content (AvgIpc) is 3.25. The summed E-state index contributed by atoms with van der Waals surface area (Å²) in [5.41, 5.74) is 0.888. The van der Waals surface area contributed by atoms with E-state index in [1.807, 2.05) is 37.3 Å². The second-order valence-electron chi connectivity index (χ2n) is 5.36. The van der Waals surface area contributed by atoms with E-state index in [9.17, 15) is 4.79 Å². The Bertz CT molecular complexity index is 832. The van der Waals surface area contributed by atoms with E-state index in [-0.39, 0.29) is 11.2 Å². The van der Waals surface area contributed by atoms with Crippen LogP contribution in [0.25, 0.3) is 5.69 Å². The van der Waals surface area contributed by atoms with Gasteiger partial charge in [0, 0.05) is 6.07 Å². The Balaban J connectivity index is 1.64. The van der Waals surface area contributed by atoms with Crippen LogP contribution in [0.4, 0.5) is 5.82 Å². The van der Waals surface area contributed by atoms with E-state index in [1.165, 1.54) is 11.8 Å². The molecule has 0 bridgehead atoms. The number of para-hydroxylation sites is 1. The van der Waals surface area contributed by atoms with Crippen molar-refractivity contribution >= 4 is 23.5 Å². The van der Waals surface area contributed by atoms with Gasteiger partial charge in [-0.15, -0.1) is 16.9 Å². The molecule has 0 saturated heterocycles. The van der Waals surface area contributed by atoms with Crippen LogP contribution in [0, 0.1) is 6.92 Å². The highest BCUT2D eigenvalue weighted by atomic mass is 32.2. The number of rotatable bonds is 7. The number of hydrogen-bond donors (Lipinski definition) is 1. The van der Waals surface area contributed by atoms with Gasteiger partial charge in [0.2, 0.25) is 5.91 Å². The molecule has 1 aromatic carbocycles. The molecule has 8 nitrogen and oxygen atoms in total. The zero-order valence-electron chi connectivity index (χ0n) is 13.9. The van der Waals surface area contributed by atoms with E-state index in [0.717, 1.165) is 5.69 Å². The van der Waals surface area contributed by atoms with Crippen molar-refractivity contribution in [2.45, 2.75) is 31.3 Å². The minimum atomic E-state index is -0.238. The predicted molar refractivity (Wildman–Crippen MR) is 94.4 cm³/mol. The Morgan fingerprint density at radius 1 is 1.36 bits per heavy atom. The Morgan fingerprint density at radius 2 is 2.16 bits per heavy atom. The molecule has 2 aromatic heterocycles. The summed E-state index contributed by atoms with van der Waals surface area (Å²) in [5.74, 6) is 2.18. The number of nitrogens with zero attached hydrogens (tertiary/aromatic N) is 5. The molecule has 0 aliphatic rings. The molecule has 2 heterocycles. The summed E-state index contributed by atoms with van der Waals surface area (Å²) >= 11 is 1.49. The second kappa shape index (κ2) is 7.93. The van der Waals surface area contributed by atoms with Crippen molar-refractivity contribution in [3.05, 3.63) is 48.0 Å². The van der Waals surface area contributed by atoms with E-state index in [2.05, 4.69) is 26.0 Å². The van der Waals surface area contributed by atoms with Crippen LogP contribution in [0.1, 0.15) is 24.9 Å². The fourth-order valence-corrected chi connectivity index (χ4v) is 3.23. The van der Waals surface area contributed by atoms with E-state index >= 15 is 0 Å². The minimum absolute atomic E-state index is 0.112. The van der Waals surface area contributed by atoms with Crippen molar-refractivity contribution in [2.24, 2.45) is 0 Å². The van der Waals surface area contributed by atoms with Gasteiger partial charge < -0.3 is 9.84 Å². The number of tetrazole rings is 1. The van der Waals surface area contributed by atoms with Crippen LogP contribution >= 0.6 is 11.8 Å². The molecule has 0 saturated carbocycles.